The minimum absolute atomic E-state index is 0.00642. The molecule has 2 aliphatic heterocycles. The van der Waals surface area contributed by atoms with Crippen LogP contribution in [0.2, 0.25) is 0 Å². The molecule has 4 N–H and O–H groups in total. The van der Waals surface area contributed by atoms with Crippen molar-refractivity contribution in [2.24, 2.45) is 17.1 Å². The number of nitrogens with two attached hydrogens (primary N) is 1. The number of aliphatic hydroxyl groups excluding tert-OH is 1. The minimum Gasteiger partial charge on any atom is -0.482 e. The zero-order chi connectivity index (χ0) is 32.8. The highest BCUT2D eigenvalue weighted by atomic mass is 16.5. The largest absolute Gasteiger partial charge is 0.482 e. The second kappa shape index (κ2) is 11.1. The molecule has 11 heteroatoms. The highest BCUT2D eigenvalue weighted by Crippen LogP contribution is 2.47. The maximum Gasteiger partial charge on any atom is 0.254 e. The quantitative estimate of drug-likeness (QED) is 0.231. The molecule has 4 aromatic rings. The molecule has 8 rings (SSSR count). The Morgan fingerprint density at radius 3 is 2.53 bits per heavy atom. The van der Waals surface area contributed by atoms with Crippen molar-refractivity contribution in [2.75, 3.05) is 13.7 Å². The third kappa shape index (κ3) is 5.09. The highest BCUT2D eigenvalue weighted by Gasteiger charge is 2.47. The van der Waals surface area contributed by atoms with E-state index in [0.29, 0.717) is 28.9 Å². The van der Waals surface area contributed by atoms with Crippen LogP contribution in [-0.2, 0) is 11.3 Å². The molecule has 2 saturated carbocycles. The number of imidazole rings is 1. The van der Waals surface area contributed by atoms with Gasteiger partial charge in [0.05, 0.1) is 42.3 Å². The standard InChI is InChI=1S/C36H45N7O4/c1-19(38-35(46)36(2,3)18-44)26-11-9-22-13-28(41(33(22)39-26)17-20-5-6-20)31-32(21-7-8-21)43-29(40-31)14-23(15-30(43)47-4)34(45)42-24-10-12-27(42)25(37)16-24/h9,11,13-15,19-21,24-25,27,44H,5-8,10,12,16-18,37H2,1-4H3,(H,38,46)/t19-,24+,25-,27-/m1/s1. The van der Waals surface area contributed by atoms with Crippen LogP contribution in [0.4, 0.5) is 0 Å². The van der Waals surface area contributed by atoms with Crippen LogP contribution in [0.15, 0.2) is 30.3 Å². The number of pyridine rings is 2. The summed E-state index contributed by atoms with van der Waals surface area (Å²) in [4.78, 5) is 39.1. The number of hydrogen-bond donors (Lipinski definition) is 3. The normalized spacial score (nSPS) is 23.2. The average molecular weight is 640 g/mol. The smallest absolute Gasteiger partial charge is 0.254 e. The molecule has 0 spiro atoms. The van der Waals surface area contributed by atoms with Gasteiger partial charge in [0.25, 0.3) is 5.91 Å². The first-order valence-corrected chi connectivity index (χ1v) is 17.2. The summed E-state index contributed by atoms with van der Waals surface area (Å²) in [5.41, 5.74) is 11.5. The Morgan fingerprint density at radius 1 is 1.11 bits per heavy atom. The molecular formula is C36H45N7O4. The van der Waals surface area contributed by atoms with Gasteiger partial charge in [-0.15, -0.1) is 0 Å². The number of methoxy groups -OCH3 is 1. The highest BCUT2D eigenvalue weighted by molar-refractivity contribution is 5.97. The Bertz CT molecular complexity index is 1900. The van der Waals surface area contributed by atoms with Gasteiger partial charge in [-0.05, 0) is 95.9 Å². The number of aromatic nitrogens is 4. The van der Waals surface area contributed by atoms with Crippen LogP contribution in [0.5, 0.6) is 5.88 Å². The van der Waals surface area contributed by atoms with Crippen LogP contribution in [0.1, 0.15) is 99.4 Å². The molecule has 248 valence electrons. The van der Waals surface area contributed by atoms with E-state index in [-0.39, 0.29) is 42.6 Å². The van der Waals surface area contributed by atoms with Crippen molar-refractivity contribution >= 4 is 28.5 Å². The summed E-state index contributed by atoms with van der Waals surface area (Å²) in [6.45, 7) is 5.98. The first-order valence-electron chi connectivity index (χ1n) is 17.2. The van der Waals surface area contributed by atoms with Crippen molar-refractivity contribution in [3.8, 4) is 17.3 Å². The molecule has 47 heavy (non-hydrogen) atoms. The Morgan fingerprint density at radius 2 is 1.89 bits per heavy atom. The Balaban J connectivity index is 1.22. The molecule has 2 amide bonds. The topological polar surface area (TPSA) is 140 Å². The first kappa shape index (κ1) is 30.4. The molecule has 2 saturated heterocycles. The summed E-state index contributed by atoms with van der Waals surface area (Å²) in [6, 6.07) is 10.0. The summed E-state index contributed by atoms with van der Waals surface area (Å²) in [5.74, 6) is 1.34. The number of fused-ring (bicyclic) bond motifs is 4. The van der Waals surface area contributed by atoms with E-state index in [9.17, 15) is 14.7 Å². The van der Waals surface area contributed by atoms with Gasteiger partial charge in [-0.2, -0.15) is 0 Å². The van der Waals surface area contributed by atoms with Gasteiger partial charge in [-0.3, -0.25) is 14.0 Å². The van der Waals surface area contributed by atoms with Crippen LogP contribution in [0.25, 0.3) is 28.1 Å². The molecule has 0 radical (unpaired) electrons. The molecule has 4 fully saturated rings. The molecule has 2 aliphatic carbocycles. The van der Waals surface area contributed by atoms with Gasteiger partial charge >= 0.3 is 0 Å². The summed E-state index contributed by atoms with van der Waals surface area (Å²) in [6.07, 6.45) is 7.35. The van der Waals surface area contributed by atoms with E-state index in [2.05, 4.69) is 26.4 Å². The van der Waals surface area contributed by atoms with E-state index < -0.39 is 5.41 Å². The Labute approximate surface area is 274 Å². The van der Waals surface area contributed by atoms with Crippen LogP contribution < -0.4 is 15.8 Å². The summed E-state index contributed by atoms with van der Waals surface area (Å²) < 4.78 is 10.4. The second-order valence-electron chi connectivity index (χ2n) is 15.0. The molecule has 4 aliphatic rings. The molecule has 11 nitrogen and oxygen atoms in total. The zero-order valence-electron chi connectivity index (χ0n) is 27.7. The summed E-state index contributed by atoms with van der Waals surface area (Å²) in [5, 5.41) is 13.7. The number of rotatable bonds is 10. The maximum atomic E-state index is 13.9. The number of carbonyl (C=O) groups is 2. The lowest BCUT2D eigenvalue weighted by molar-refractivity contribution is -0.132. The zero-order valence-corrected chi connectivity index (χ0v) is 27.7. The van der Waals surface area contributed by atoms with Gasteiger partial charge in [-0.25, -0.2) is 9.97 Å². The molecule has 2 bridgehead atoms. The van der Waals surface area contributed by atoms with E-state index in [0.717, 1.165) is 72.5 Å². The third-order valence-electron chi connectivity index (χ3n) is 10.9. The van der Waals surface area contributed by atoms with E-state index in [1.807, 2.05) is 30.0 Å². The predicted molar refractivity (Wildman–Crippen MR) is 178 cm³/mol. The van der Waals surface area contributed by atoms with Crippen LogP contribution in [0, 0.1) is 11.3 Å². The van der Waals surface area contributed by atoms with Crippen molar-refractivity contribution in [1.29, 1.82) is 0 Å². The number of carbonyl (C=O) groups excluding carboxylic acids is 2. The first-order chi connectivity index (χ1) is 22.6. The molecule has 0 aromatic carbocycles. The molecular weight excluding hydrogens is 594 g/mol. The van der Waals surface area contributed by atoms with E-state index in [1.165, 1.54) is 12.8 Å². The third-order valence-corrected chi connectivity index (χ3v) is 10.9. The second-order valence-corrected chi connectivity index (χ2v) is 15.0. The minimum atomic E-state index is -0.882. The van der Waals surface area contributed by atoms with Crippen molar-refractivity contribution in [3.63, 3.8) is 0 Å². The van der Waals surface area contributed by atoms with E-state index >= 15 is 0 Å². The fraction of sp³-hybridized carbons (Fsp3) is 0.556. The van der Waals surface area contributed by atoms with Crippen LogP contribution in [-0.4, -0.2) is 72.6 Å². The van der Waals surface area contributed by atoms with Crippen molar-refractivity contribution < 1.29 is 19.4 Å². The van der Waals surface area contributed by atoms with Gasteiger partial charge in [0.15, 0.2) is 5.88 Å². The summed E-state index contributed by atoms with van der Waals surface area (Å²) in [7, 11) is 1.66. The van der Waals surface area contributed by atoms with Crippen molar-refractivity contribution in [3.05, 3.63) is 47.3 Å². The average Bonchev–Trinajstić information content (AvgIpc) is 3.94. The number of nitrogens with one attached hydrogen (secondary N) is 1. The van der Waals surface area contributed by atoms with E-state index in [4.69, 9.17) is 20.4 Å². The van der Waals surface area contributed by atoms with Crippen LogP contribution >= 0.6 is 0 Å². The number of nitrogens with zero attached hydrogens (tertiary/aromatic N) is 5. The predicted octanol–water partition coefficient (Wildman–Crippen LogP) is 4.55. The monoisotopic (exact) mass is 639 g/mol. The van der Waals surface area contributed by atoms with Crippen LogP contribution in [0.3, 0.4) is 0 Å². The number of amides is 2. The van der Waals surface area contributed by atoms with Gasteiger partial charge in [0.2, 0.25) is 5.91 Å². The van der Waals surface area contributed by atoms with Gasteiger partial charge < -0.3 is 30.4 Å². The molecule has 0 unspecified atom stereocenters. The molecule has 4 atom stereocenters. The van der Waals surface area contributed by atoms with Crippen molar-refractivity contribution in [2.45, 2.75) is 102 Å². The maximum absolute atomic E-state index is 13.9. The number of hydrogen-bond acceptors (Lipinski definition) is 7. The molecule has 6 heterocycles. The van der Waals surface area contributed by atoms with Crippen molar-refractivity contribution in [1.82, 2.24) is 29.2 Å². The Kier molecular flexibility index (Phi) is 7.14. The lowest BCUT2D eigenvalue weighted by Crippen LogP contribution is -2.40. The number of aliphatic hydroxyl groups is 1. The summed E-state index contributed by atoms with van der Waals surface area (Å²) >= 11 is 0. The van der Waals surface area contributed by atoms with Gasteiger partial charge in [-0.1, -0.05) is 0 Å². The molecule has 4 aromatic heterocycles. The van der Waals surface area contributed by atoms with Gasteiger partial charge in [0, 0.05) is 47.6 Å². The SMILES string of the molecule is COc1cc(C(=O)N2[C@H]3CC[C@@H]2[C@H](N)C3)cc2nc(-c3cc4ccc([C@@H](C)NC(=O)C(C)(C)CO)nc4n3CC3CC3)c(C3CC3)n12. The van der Waals surface area contributed by atoms with E-state index in [1.54, 1.807) is 21.0 Å². The lowest BCUT2D eigenvalue weighted by atomic mass is 9.93. The lowest BCUT2D eigenvalue weighted by Gasteiger charge is -2.23. The Hall–Kier alpha value is -3.96. The fourth-order valence-electron chi connectivity index (χ4n) is 7.71. The fourth-order valence-corrected chi connectivity index (χ4v) is 7.71. The van der Waals surface area contributed by atoms with Gasteiger partial charge in [0.1, 0.15) is 17.0 Å². The number of ether oxygens (including phenoxy) is 1.